The van der Waals surface area contributed by atoms with E-state index in [0.29, 0.717) is 16.9 Å². The first-order valence-corrected chi connectivity index (χ1v) is 9.55. The molecular weight excluding hydrogens is 378 g/mol. The predicted octanol–water partition coefficient (Wildman–Crippen LogP) is 3.09. The molecule has 1 atom stereocenters. The third kappa shape index (κ3) is 2.69. The second kappa shape index (κ2) is 7.00. The van der Waals surface area contributed by atoms with Crippen molar-refractivity contribution < 1.29 is 14.4 Å². The highest BCUT2D eigenvalue weighted by Crippen LogP contribution is 2.37. The smallest absolute Gasteiger partial charge is 0.266 e. The third-order valence-electron chi connectivity index (χ3n) is 5.23. The number of hydrogen-bond acceptors (Lipinski definition) is 5. The van der Waals surface area contributed by atoms with Crippen molar-refractivity contribution in [3.05, 3.63) is 108 Å². The van der Waals surface area contributed by atoms with Gasteiger partial charge in [0.05, 0.1) is 16.9 Å². The average molecular weight is 395 g/mol. The van der Waals surface area contributed by atoms with Crippen LogP contribution in [0.2, 0.25) is 0 Å². The van der Waals surface area contributed by atoms with Crippen molar-refractivity contribution in [2.45, 2.75) is 6.04 Å². The van der Waals surface area contributed by atoms with E-state index in [-0.39, 0.29) is 17.1 Å². The van der Waals surface area contributed by atoms with Gasteiger partial charge in [-0.2, -0.15) is 0 Å². The monoisotopic (exact) mass is 395 g/mol. The van der Waals surface area contributed by atoms with Crippen molar-refractivity contribution >= 4 is 29.0 Å². The summed E-state index contributed by atoms with van der Waals surface area (Å²) in [5.74, 6) is -1.21. The lowest BCUT2D eigenvalue weighted by Gasteiger charge is -2.26. The van der Waals surface area contributed by atoms with Crippen molar-refractivity contribution in [2.75, 3.05) is 9.91 Å². The molecule has 3 aromatic carbocycles. The number of carbonyl (C=O) groups is 3. The molecule has 146 valence electrons. The molecule has 1 saturated heterocycles. The zero-order valence-corrected chi connectivity index (χ0v) is 15.9. The molecule has 2 aliphatic rings. The summed E-state index contributed by atoms with van der Waals surface area (Å²) in [6.45, 7) is 0. The van der Waals surface area contributed by atoms with Crippen LogP contribution < -0.4 is 15.3 Å². The van der Waals surface area contributed by atoms with Gasteiger partial charge in [-0.3, -0.25) is 24.8 Å². The maximum atomic E-state index is 13.4. The first-order valence-electron chi connectivity index (χ1n) is 9.55. The molecule has 5 rings (SSSR count). The van der Waals surface area contributed by atoms with Gasteiger partial charge in [0.2, 0.25) is 5.78 Å². The number of nitrogens with zero attached hydrogens (tertiary/aromatic N) is 2. The molecule has 1 unspecified atom stereocenters. The van der Waals surface area contributed by atoms with Gasteiger partial charge in [-0.05, 0) is 24.3 Å². The van der Waals surface area contributed by atoms with E-state index in [4.69, 9.17) is 0 Å². The van der Waals surface area contributed by atoms with E-state index in [1.54, 1.807) is 53.5 Å². The molecule has 1 N–H and O–H groups in total. The highest BCUT2D eigenvalue weighted by molar-refractivity contribution is 6.34. The Morgan fingerprint density at radius 3 is 1.87 bits per heavy atom. The number of anilines is 2. The first kappa shape index (κ1) is 17.9. The van der Waals surface area contributed by atoms with Crippen LogP contribution in [0.5, 0.6) is 0 Å². The second-order valence-corrected chi connectivity index (χ2v) is 7.02. The van der Waals surface area contributed by atoms with E-state index in [9.17, 15) is 14.4 Å². The highest BCUT2D eigenvalue weighted by atomic mass is 16.2. The number of para-hydroxylation sites is 2. The Morgan fingerprint density at radius 2 is 1.27 bits per heavy atom. The zero-order valence-electron chi connectivity index (χ0n) is 15.9. The van der Waals surface area contributed by atoms with Crippen molar-refractivity contribution in [1.29, 1.82) is 0 Å². The molecule has 0 radical (unpaired) electrons. The van der Waals surface area contributed by atoms with Crippen LogP contribution in [0.25, 0.3) is 0 Å². The van der Waals surface area contributed by atoms with Gasteiger partial charge in [0.15, 0.2) is 6.04 Å². The molecule has 0 saturated carbocycles. The molecule has 0 aliphatic carbocycles. The lowest BCUT2D eigenvalue weighted by molar-refractivity contribution is -0.121. The average Bonchev–Trinajstić information content (AvgIpc) is 3.32. The van der Waals surface area contributed by atoms with Crippen LogP contribution in [0.15, 0.2) is 102 Å². The minimum Gasteiger partial charge on any atom is -0.293 e. The number of ketones is 1. The molecule has 0 spiro atoms. The number of Topliss-reactive ketones (excluding diaryl/α,β-unsaturated/α-hetero) is 1. The maximum Gasteiger partial charge on any atom is 0.266 e. The number of allylic oxidation sites excluding steroid dienone is 1. The molecule has 3 aromatic rings. The van der Waals surface area contributed by atoms with Crippen molar-refractivity contribution in [3.8, 4) is 0 Å². The van der Waals surface area contributed by atoms with Gasteiger partial charge in [0.1, 0.15) is 5.70 Å². The van der Waals surface area contributed by atoms with Gasteiger partial charge in [0.25, 0.3) is 11.8 Å². The fourth-order valence-electron chi connectivity index (χ4n) is 3.84. The second-order valence-electron chi connectivity index (χ2n) is 7.02. The Balaban J connectivity index is 1.64. The topological polar surface area (TPSA) is 69.7 Å². The molecule has 2 heterocycles. The van der Waals surface area contributed by atoms with E-state index < -0.39 is 17.9 Å². The third-order valence-corrected chi connectivity index (χ3v) is 5.23. The minimum atomic E-state index is -0.914. The summed E-state index contributed by atoms with van der Waals surface area (Å²) in [6.07, 6.45) is 0. The van der Waals surface area contributed by atoms with Gasteiger partial charge in [-0.1, -0.05) is 66.7 Å². The number of imide groups is 1. The van der Waals surface area contributed by atoms with Gasteiger partial charge >= 0.3 is 0 Å². The summed E-state index contributed by atoms with van der Waals surface area (Å²) in [7, 11) is 0. The van der Waals surface area contributed by atoms with E-state index in [1.807, 2.05) is 42.5 Å². The van der Waals surface area contributed by atoms with Gasteiger partial charge in [-0.25, -0.2) is 4.90 Å². The number of hydrazine groups is 1. The van der Waals surface area contributed by atoms with Crippen LogP contribution in [0.1, 0.15) is 10.4 Å². The van der Waals surface area contributed by atoms with Gasteiger partial charge in [0, 0.05) is 5.56 Å². The maximum absolute atomic E-state index is 13.4. The quantitative estimate of drug-likeness (QED) is 0.543. The number of hydrogen-bond donors (Lipinski definition) is 1. The Kier molecular flexibility index (Phi) is 4.17. The first-order chi connectivity index (χ1) is 14.7. The summed E-state index contributed by atoms with van der Waals surface area (Å²) in [5, 5.41) is 1.59. The summed E-state index contributed by atoms with van der Waals surface area (Å²) >= 11 is 0. The molecule has 6 nitrogen and oxygen atoms in total. The van der Waals surface area contributed by atoms with E-state index in [2.05, 4.69) is 5.43 Å². The van der Waals surface area contributed by atoms with Crippen molar-refractivity contribution in [3.63, 3.8) is 0 Å². The molecule has 2 aliphatic heterocycles. The van der Waals surface area contributed by atoms with E-state index in [1.165, 1.54) is 0 Å². The molecular formula is C24H17N3O3. The Labute approximate surface area is 173 Å². The van der Waals surface area contributed by atoms with E-state index in [0.717, 1.165) is 4.90 Å². The Morgan fingerprint density at radius 1 is 0.733 bits per heavy atom. The number of amides is 2. The van der Waals surface area contributed by atoms with Crippen LogP contribution in [0.4, 0.5) is 11.4 Å². The number of rotatable bonds is 4. The van der Waals surface area contributed by atoms with Crippen LogP contribution in [-0.2, 0) is 9.59 Å². The fraction of sp³-hybridized carbons (Fsp3) is 0.0417. The molecule has 0 aromatic heterocycles. The van der Waals surface area contributed by atoms with Crippen molar-refractivity contribution in [2.24, 2.45) is 0 Å². The van der Waals surface area contributed by atoms with Gasteiger partial charge in [-0.15, -0.1) is 0 Å². The Bertz CT molecular complexity index is 1170. The SMILES string of the molecule is O=C(C1=C2C(=O)N(c3ccccc3)C(=O)C2N(c2ccccc2)N1)c1ccccc1. The molecule has 0 bridgehead atoms. The summed E-state index contributed by atoms with van der Waals surface area (Å²) < 4.78 is 0. The standard InChI is InChI=1S/C24H17N3O3/c28-22(16-10-4-1-5-11-16)20-19-21(27(25-20)18-14-8-3-9-15-18)24(30)26(23(19)29)17-12-6-2-7-13-17/h1-15,21,25H. The summed E-state index contributed by atoms with van der Waals surface area (Å²) in [6, 6.07) is 25.7. The Hall–Kier alpha value is -4.19. The lowest BCUT2D eigenvalue weighted by Crippen LogP contribution is -2.46. The number of nitrogens with one attached hydrogen (secondary N) is 1. The van der Waals surface area contributed by atoms with Crippen LogP contribution in [0, 0.1) is 0 Å². The molecule has 2 amide bonds. The van der Waals surface area contributed by atoms with Crippen LogP contribution >= 0.6 is 0 Å². The van der Waals surface area contributed by atoms with Crippen LogP contribution in [0.3, 0.4) is 0 Å². The number of fused-ring (bicyclic) bond motifs is 1. The summed E-state index contributed by atoms with van der Waals surface area (Å²) in [4.78, 5) is 41.1. The largest absolute Gasteiger partial charge is 0.293 e. The zero-order chi connectivity index (χ0) is 20.7. The molecule has 30 heavy (non-hydrogen) atoms. The normalized spacial score (nSPS) is 17.9. The van der Waals surface area contributed by atoms with Gasteiger partial charge < -0.3 is 0 Å². The number of benzene rings is 3. The van der Waals surface area contributed by atoms with E-state index >= 15 is 0 Å². The minimum absolute atomic E-state index is 0.131. The van der Waals surface area contributed by atoms with Crippen molar-refractivity contribution in [1.82, 2.24) is 5.43 Å². The molecule has 1 fully saturated rings. The predicted molar refractivity (Wildman–Crippen MR) is 113 cm³/mol. The lowest BCUT2D eigenvalue weighted by atomic mass is 10.0. The van der Waals surface area contributed by atoms with Crippen LogP contribution in [-0.4, -0.2) is 23.6 Å². The number of carbonyl (C=O) groups excluding carboxylic acids is 3. The molecule has 6 heteroatoms. The highest BCUT2D eigenvalue weighted by Gasteiger charge is 2.54. The fourth-order valence-corrected chi connectivity index (χ4v) is 3.84. The summed E-state index contributed by atoms with van der Waals surface area (Å²) in [5.41, 5.74) is 4.95.